The highest BCUT2D eigenvalue weighted by atomic mass is 19.4. The summed E-state index contributed by atoms with van der Waals surface area (Å²) in [6, 6.07) is 15.1. The van der Waals surface area contributed by atoms with Gasteiger partial charge in [0, 0.05) is 29.4 Å². The molecule has 3 aromatic rings. The van der Waals surface area contributed by atoms with Crippen LogP contribution in [0.5, 0.6) is 11.5 Å². The number of rotatable bonds is 7. The van der Waals surface area contributed by atoms with E-state index in [0.717, 1.165) is 31.4 Å². The smallest absolute Gasteiger partial charge is 0.497 e. The van der Waals surface area contributed by atoms with Crippen LogP contribution in [0.4, 0.5) is 30.6 Å². The fraction of sp³-hybridized carbons (Fsp3) is 0.304. The molecule has 0 bridgehead atoms. The topological polar surface area (TPSA) is 68.3 Å². The molecule has 0 radical (unpaired) electrons. The third kappa shape index (κ3) is 5.81. The molecule has 0 aliphatic heterocycles. The summed E-state index contributed by atoms with van der Waals surface area (Å²) in [6.45, 7) is 0. The van der Waals surface area contributed by atoms with Crippen molar-refractivity contribution in [2.45, 2.75) is 38.1 Å². The van der Waals surface area contributed by atoms with Crippen molar-refractivity contribution in [2.24, 2.45) is 0 Å². The Labute approximate surface area is 183 Å². The Morgan fingerprint density at radius 3 is 2.44 bits per heavy atom. The van der Waals surface area contributed by atoms with E-state index < -0.39 is 6.36 Å². The Balaban J connectivity index is 1.67. The number of halogens is 3. The van der Waals surface area contributed by atoms with Gasteiger partial charge in [-0.3, -0.25) is 0 Å². The summed E-state index contributed by atoms with van der Waals surface area (Å²) in [6.07, 6.45) is -0.424. The van der Waals surface area contributed by atoms with Gasteiger partial charge in [-0.05, 0) is 37.1 Å². The molecule has 1 aliphatic carbocycles. The van der Waals surface area contributed by atoms with E-state index >= 15 is 0 Å². The van der Waals surface area contributed by atoms with E-state index in [2.05, 4.69) is 25.3 Å². The fourth-order valence-corrected chi connectivity index (χ4v) is 3.68. The number of hydrogen-bond acceptors (Lipinski definition) is 6. The van der Waals surface area contributed by atoms with E-state index in [1.165, 1.54) is 18.2 Å². The molecule has 0 saturated heterocycles. The number of alkyl halides is 3. The predicted octanol–water partition coefficient (Wildman–Crippen LogP) is 6.15. The van der Waals surface area contributed by atoms with E-state index in [0.29, 0.717) is 28.8 Å². The van der Waals surface area contributed by atoms with Gasteiger partial charge in [-0.15, -0.1) is 13.2 Å². The van der Waals surface area contributed by atoms with Gasteiger partial charge in [0.1, 0.15) is 17.3 Å². The van der Waals surface area contributed by atoms with Gasteiger partial charge < -0.3 is 20.1 Å². The molecule has 32 heavy (non-hydrogen) atoms. The highest BCUT2D eigenvalue weighted by molar-refractivity contribution is 5.68. The molecule has 6 nitrogen and oxygen atoms in total. The van der Waals surface area contributed by atoms with Crippen molar-refractivity contribution < 1.29 is 22.6 Å². The second-order valence-electron chi connectivity index (χ2n) is 7.52. The average Bonchev–Trinajstić information content (AvgIpc) is 3.26. The standard InChI is InChI=1S/C23H23F3N4O2/c1-31-18-10-5-9-17(13-18)27-21-14-20(29-22(30-21)28-16-7-2-3-8-16)15-6-4-11-19(12-15)32-23(24,25)26/h4-6,9-14,16H,2-3,7-8H2,1H3,(H2,27,28,29,30). The highest BCUT2D eigenvalue weighted by Crippen LogP contribution is 2.30. The van der Waals surface area contributed by atoms with Crippen LogP contribution < -0.4 is 20.1 Å². The van der Waals surface area contributed by atoms with E-state index in [-0.39, 0.29) is 11.8 Å². The molecule has 1 saturated carbocycles. The Morgan fingerprint density at radius 2 is 1.69 bits per heavy atom. The summed E-state index contributed by atoms with van der Waals surface area (Å²) < 4.78 is 47.3. The second-order valence-corrected chi connectivity index (χ2v) is 7.52. The third-order valence-electron chi connectivity index (χ3n) is 5.12. The number of hydrogen-bond donors (Lipinski definition) is 2. The molecule has 4 rings (SSSR count). The normalized spacial score (nSPS) is 14.2. The van der Waals surface area contributed by atoms with Crippen LogP contribution in [-0.4, -0.2) is 29.5 Å². The van der Waals surface area contributed by atoms with E-state index in [1.54, 1.807) is 19.2 Å². The summed E-state index contributed by atoms with van der Waals surface area (Å²) in [4.78, 5) is 9.13. The Morgan fingerprint density at radius 1 is 0.938 bits per heavy atom. The average molecular weight is 444 g/mol. The molecule has 9 heteroatoms. The number of aromatic nitrogens is 2. The molecule has 0 amide bonds. The van der Waals surface area contributed by atoms with Crippen molar-refractivity contribution in [3.05, 3.63) is 54.6 Å². The maximum atomic E-state index is 12.7. The monoisotopic (exact) mass is 444 g/mol. The van der Waals surface area contributed by atoms with Crippen molar-refractivity contribution in [1.82, 2.24) is 9.97 Å². The minimum Gasteiger partial charge on any atom is -0.497 e. The van der Waals surface area contributed by atoms with Crippen LogP contribution in [0.15, 0.2) is 54.6 Å². The first-order valence-corrected chi connectivity index (χ1v) is 10.3. The van der Waals surface area contributed by atoms with Crippen LogP contribution >= 0.6 is 0 Å². The number of nitrogens with one attached hydrogen (secondary N) is 2. The lowest BCUT2D eigenvalue weighted by atomic mass is 10.1. The molecule has 168 valence electrons. The van der Waals surface area contributed by atoms with Crippen molar-refractivity contribution in [3.63, 3.8) is 0 Å². The van der Waals surface area contributed by atoms with Gasteiger partial charge in [-0.1, -0.05) is 31.0 Å². The Kier molecular flexibility index (Phi) is 6.34. The quantitative estimate of drug-likeness (QED) is 0.456. The summed E-state index contributed by atoms with van der Waals surface area (Å²) in [5.41, 5.74) is 1.71. The molecule has 2 aromatic carbocycles. The number of benzene rings is 2. The minimum absolute atomic E-state index is 0.273. The van der Waals surface area contributed by atoms with Crippen molar-refractivity contribution in [2.75, 3.05) is 17.7 Å². The first-order chi connectivity index (χ1) is 15.4. The molecular weight excluding hydrogens is 421 g/mol. The van der Waals surface area contributed by atoms with E-state index in [1.807, 2.05) is 24.3 Å². The maximum Gasteiger partial charge on any atom is 0.573 e. The van der Waals surface area contributed by atoms with E-state index in [4.69, 9.17) is 4.74 Å². The predicted molar refractivity (Wildman–Crippen MR) is 116 cm³/mol. The number of ether oxygens (including phenoxy) is 2. The molecule has 1 aromatic heterocycles. The van der Waals surface area contributed by atoms with Gasteiger partial charge in [0.15, 0.2) is 0 Å². The van der Waals surface area contributed by atoms with Crippen molar-refractivity contribution >= 4 is 17.5 Å². The summed E-state index contributed by atoms with van der Waals surface area (Å²) in [5.74, 6) is 1.31. The molecule has 2 N–H and O–H groups in total. The molecule has 0 unspecified atom stereocenters. The lowest BCUT2D eigenvalue weighted by Gasteiger charge is -2.16. The number of anilines is 3. The Hall–Kier alpha value is -3.49. The molecule has 0 atom stereocenters. The van der Waals surface area contributed by atoms with Crippen molar-refractivity contribution in [1.29, 1.82) is 0 Å². The summed E-state index contributed by atoms with van der Waals surface area (Å²) in [7, 11) is 1.58. The van der Waals surface area contributed by atoms with Gasteiger partial charge in [0.25, 0.3) is 0 Å². The van der Waals surface area contributed by atoms with Crippen LogP contribution in [0.1, 0.15) is 25.7 Å². The SMILES string of the molecule is COc1cccc(Nc2cc(-c3cccc(OC(F)(F)F)c3)nc(NC3CCCC3)n2)c1. The largest absolute Gasteiger partial charge is 0.573 e. The zero-order chi connectivity index (χ0) is 22.6. The summed E-state index contributed by atoms with van der Waals surface area (Å²) >= 11 is 0. The van der Waals surface area contributed by atoms with Gasteiger partial charge in [0.05, 0.1) is 12.8 Å². The molecular formula is C23H23F3N4O2. The Bertz CT molecular complexity index is 1070. The molecule has 1 fully saturated rings. The van der Waals surface area contributed by atoms with Gasteiger partial charge in [-0.25, -0.2) is 4.98 Å². The second kappa shape index (κ2) is 9.33. The van der Waals surface area contributed by atoms with Gasteiger partial charge in [-0.2, -0.15) is 4.98 Å². The van der Waals surface area contributed by atoms with Crippen LogP contribution in [-0.2, 0) is 0 Å². The van der Waals surface area contributed by atoms with Crippen LogP contribution in [0.2, 0.25) is 0 Å². The van der Waals surface area contributed by atoms with Crippen LogP contribution in [0, 0.1) is 0 Å². The first kappa shape index (κ1) is 21.7. The van der Waals surface area contributed by atoms with Gasteiger partial charge in [0.2, 0.25) is 5.95 Å². The zero-order valence-corrected chi connectivity index (χ0v) is 17.4. The van der Waals surface area contributed by atoms with E-state index in [9.17, 15) is 13.2 Å². The summed E-state index contributed by atoms with van der Waals surface area (Å²) in [5, 5.41) is 6.58. The zero-order valence-electron chi connectivity index (χ0n) is 17.4. The first-order valence-electron chi connectivity index (χ1n) is 10.3. The molecule has 0 spiro atoms. The minimum atomic E-state index is -4.77. The van der Waals surface area contributed by atoms with Gasteiger partial charge >= 0.3 is 6.36 Å². The number of methoxy groups -OCH3 is 1. The lowest BCUT2D eigenvalue weighted by molar-refractivity contribution is -0.274. The maximum absolute atomic E-state index is 12.7. The highest BCUT2D eigenvalue weighted by Gasteiger charge is 2.31. The fourth-order valence-electron chi connectivity index (χ4n) is 3.68. The molecule has 1 aliphatic rings. The van der Waals surface area contributed by atoms with Crippen molar-refractivity contribution in [3.8, 4) is 22.8 Å². The van der Waals surface area contributed by atoms with Crippen LogP contribution in [0.3, 0.4) is 0 Å². The third-order valence-corrected chi connectivity index (χ3v) is 5.12. The lowest BCUT2D eigenvalue weighted by Crippen LogP contribution is -2.17. The molecule has 1 heterocycles. The van der Waals surface area contributed by atoms with Crippen LogP contribution in [0.25, 0.3) is 11.3 Å². The number of nitrogens with zero attached hydrogens (tertiary/aromatic N) is 2.